The molecule has 0 atom stereocenters. The lowest BCUT2D eigenvalue weighted by Crippen LogP contribution is -2.11. The van der Waals surface area contributed by atoms with E-state index in [0.717, 1.165) is 17.6 Å². The number of amides is 1. The molecule has 1 aromatic carbocycles. The van der Waals surface area contributed by atoms with Crippen molar-refractivity contribution in [3.8, 4) is 0 Å². The van der Waals surface area contributed by atoms with Gasteiger partial charge in [-0.25, -0.2) is 0 Å². The van der Waals surface area contributed by atoms with Crippen LogP contribution in [-0.4, -0.2) is 11.4 Å². The van der Waals surface area contributed by atoms with E-state index in [1.807, 2.05) is 18.2 Å². The van der Waals surface area contributed by atoms with Crippen molar-refractivity contribution in [2.24, 2.45) is 0 Å². The smallest absolute Gasteiger partial charge is 0.207 e. The molecular weight excluding hydrogens is 200 g/mol. The first kappa shape index (κ1) is 10.6. The fourth-order valence-electron chi connectivity index (χ4n) is 1.84. The number of carbonyl (C=O) groups is 1. The Morgan fingerprint density at radius 3 is 2.94 bits per heavy atom. The van der Waals surface area contributed by atoms with E-state index in [9.17, 15) is 4.79 Å². The summed E-state index contributed by atoms with van der Waals surface area (Å²) in [4.78, 5) is 14.8. The molecule has 0 aliphatic rings. The highest BCUT2D eigenvalue weighted by Crippen LogP contribution is 2.18. The van der Waals surface area contributed by atoms with Crippen molar-refractivity contribution < 1.29 is 4.79 Å². The Hall–Kier alpha value is -1.90. The zero-order valence-electron chi connectivity index (χ0n) is 9.23. The van der Waals surface area contributed by atoms with Gasteiger partial charge in [0.2, 0.25) is 6.41 Å². The molecule has 1 heterocycles. The summed E-state index contributed by atoms with van der Waals surface area (Å²) in [6, 6.07) is 10.1. The Balaban J connectivity index is 2.49. The van der Waals surface area contributed by atoms with Gasteiger partial charge in [-0.15, -0.1) is 0 Å². The van der Waals surface area contributed by atoms with Crippen LogP contribution in [0.4, 0.5) is 0 Å². The molecule has 1 amide bonds. The lowest BCUT2D eigenvalue weighted by molar-refractivity contribution is -0.109. The second-order valence-corrected chi connectivity index (χ2v) is 3.64. The molecule has 0 bridgehead atoms. The Labute approximate surface area is 94.5 Å². The topological polar surface area (TPSA) is 42.0 Å². The lowest BCUT2D eigenvalue weighted by atomic mass is 10.1. The number of hydrogen-bond donors (Lipinski definition) is 1. The first-order chi connectivity index (χ1) is 7.85. The highest BCUT2D eigenvalue weighted by Gasteiger charge is 2.03. The van der Waals surface area contributed by atoms with E-state index in [-0.39, 0.29) is 0 Å². The number of pyridine rings is 1. The monoisotopic (exact) mass is 214 g/mol. The minimum Gasteiger partial charge on any atom is -0.353 e. The predicted octanol–water partition coefficient (Wildman–Crippen LogP) is 2.04. The second-order valence-electron chi connectivity index (χ2n) is 3.64. The number of carbonyl (C=O) groups excluding carboxylic acids is 1. The van der Waals surface area contributed by atoms with Gasteiger partial charge in [-0.1, -0.05) is 25.1 Å². The highest BCUT2D eigenvalue weighted by atomic mass is 16.1. The number of fused-ring (bicyclic) bond motifs is 1. The van der Waals surface area contributed by atoms with E-state index in [1.165, 1.54) is 10.9 Å². The average molecular weight is 214 g/mol. The molecule has 2 aromatic rings. The van der Waals surface area contributed by atoms with Crippen LogP contribution in [0.25, 0.3) is 10.9 Å². The molecule has 3 nitrogen and oxygen atoms in total. The summed E-state index contributed by atoms with van der Waals surface area (Å²) in [6.07, 6.45) is 1.67. The summed E-state index contributed by atoms with van der Waals surface area (Å²) >= 11 is 0. The molecule has 1 N–H and O–H groups in total. The Bertz CT molecular complexity index is 508. The minimum atomic E-state index is 0.487. The molecule has 0 aliphatic carbocycles. The van der Waals surface area contributed by atoms with E-state index >= 15 is 0 Å². The molecule has 0 saturated carbocycles. The number of para-hydroxylation sites is 1. The summed E-state index contributed by atoms with van der Waals surface area (Å²) in [7, 11) is 0. The van der Waals surface area contributed by atoms with E-state index in [1.54, 1.807) is 0 Å². The van der Waals surface area contributed by atoms with Gasteiger partial charge in [-0.3, -0.25) is 9.78 Å². The van der Waals surface area contributed by atoms with Gasteiger partial charge < -0.3 is 5.32 Å². The van der Waals surface area contributed by atoms with Crippen molar-refractivity contribution >= 4 is 17.3 Å². The molecule has 0 unspecified atom stereocenters. The van der Waals surface area contributed by atoms with Gasteiger partial charge >= 0.3 is 0 Å². The van der Waals surface area contributed by atoms with Crippen LogP contribution in [0.1, 0.15) is 18.2 Å². The molecule has 1 aromatic heterocycles. The van der Waals surface area contributed by atoms with Crippen LogP contribution < -0.4 is 5.32 Å². The van der Waals surface area contributed by atoms with Crippen molar-refractivity contribution in [2.75, 3.05) is 0 Å². The van der Waals surface area contributed by atoms with Crippen molar-refractivity contribution in [1.82, 2.24) is 10.3 Å². The number of nitrogens with zero attached hydrogens (tertiary/aromatic N) is 1. The third kappa shape index (κ3) is 2.03. The Kier molecular flexibility index (Phi) is 3.15. The number of rotatable bonds is 4. The van der Waals surface area contributed by atoms with Gasteiger partial charge in [0.25, 0.3) is 0 Å². The molecule has 2 rings (SSSR count). The standard InChI is InChI=1S/C13H14N2O/c1-2-10-7-11(8-14-9-16)15-13-6-4-3-5-12(10)13/h3-7,9H,2,8H2,1H3,(H,14,16). The van der Waals surface area contributed by atoms with Crippen molar-refractivity contribution in [3.63, 3.8) is 0 Å². The molecule has 0 radical (unpaired) electrons. The first-order valence-electron chi connectivity index (χ1n) is 5.39. The molecule has 0 spiro atoms. The third-order valence-electron chi connectivity index (χ3n) is 2.60. The van der Waals surface area contributed by atoms with Crippen molar-refractivity contribution in [2.45, 2.75) is 19.9 Å². The highest BCUT2D eigenvalue weighted by molar-refractivity contribution is 5.82. The fourth-order valence-corrected chi connectivity index (χ4v) is 1.84. The van der Waals surface area contributed by atoms with Crippen molar-refractivity contribution in [3.05, 3.63) is 41.6 Å². The number of benzene rings is 1. The molecular formula is C13H14N2O. The number of nitrogens with one attached hydrogen (secondary N) is 1. The van der Waals surface area contributed by atoms with Crippen LogP contribution in [0.15, 0.2) is 30.3 Å². The maximum Gasteiger partial charge on any atom is 0.207 e. The van der Waals surface area contributed by atoms with Gasteiger partial charge in [0.05, 0.1) is 17.8 Å². The molecule has 3 heteroatoms. The lowest BCUT2D eigenvalue weighted by Gasteiger charge is -2.07. The molecule has 16 heavy (non-hydrogen) atoms. The Morgan fingerprint density at radius 2 is 2.19 bits per heavy atom. The van der Waals surface area contributed by atoms with Crippen LogP contribution in [0.2, 0.25) is 0 Å². The third-order valence-corrected chi connectivity index (χ3v) is 2.60. The van der Waals surface area contributed by atoms with E-state index in [4.69, 9.17) is 0 Å². The largest absolute Gasteiger partial charge is 0.353 e. The summed E-state index contributed by atoms with van der Waals surface area (Å²) in [5.74, 6) is 0. The molecule has 0 aliphatic heterocycles. The zero-order chi connectivity index (χ0) is 11.4. The summed E-state index contributed by atoms with van der Waals surface area (Å²) in [5.41, 5.74) is 3.17. The Morgan fingerprint density at radius 1 is 1.38 bits per heavy atom. The van der Waals surface area contributed by atoms with E-state index < -0.39 is 0 Å². The SMILES string of the molecule is CCc1cc(CNC=O)nc2ccccc12. The zero-order valence-corrected chi connectivity index (χ0v) is 9.23. The maximum atomic E-state index is 10.3. The predicted molar refractivity (Wildman–Crippen MR) is 64.0 cm³/mol. The fraction of sp³-hybridized carbons (Fsp3) is 0.231. The van der Waals surface area contributed by atoms with Crippen LogP contribution >= 0.6 is 0 Å². The van der Waals surface area contributed by atoms with Gasteiger partial charge in [0, 0.05) is 5.39 Å². The van der Waals surface area contributed by atoms with Gasteiger partial charge in [-0.2, -0.15) is 0 Å². The number of aromatic nitrogens is 1. The molecule has 0 saturated heterocycles. The van der Waals surface area contributed by atoms with Crippen LogP contribution in [0.3, 0.4) is 0 Å². The summed E-state index contributed by atoms with van der Waals surface area (Å²) in [5, 5.41) is 3.83. The average Bonchev–Trinajstić information content (AvgIpc) is 2.35. The maximum absolute atomic E-state index is 10.3. The van der Waals surface area contributed by atoms with E-state index in [0.29, 0.717) is 13.0 Å². The number of aryl methyl sites for hydroxylation is 1. The molecule has 0 fully saturated rings. The van der Waals surface area contributed by atoms with Crippen LogP contribution in [-0.2, 0) is 17.8 Å². The summed E-state index contributed by atoms with van der Waals surface area (Å²) < 4.78 is 0. The quantitative estimate of drug-likeness (QED) is 0.791. The summed E-state index contributed by atoms with van der Waals surface area (Å²) in [6.45, 7) is 2.61. The van der Waals surface area contributed by atoms with E-state index in [2.05, 4.69) is 29.4 Å². The van der Waals surface area contributed by atoms with Crippen LogP contribution in [0, 0.1) is 0 Å². The second kappa shape index (κ2) is 4.75. The van der Waals surface area contributed by atoms with Gasteiger partial charge in [0.15, 0.2) is 0 Å². The van der Waals surface area contributed by atoms with Crippen molar-refractivity contribution in [1.29, 1.82) is 0 Å². The minimum absolute atomic E-state index is 0.487. The van der Waals surface area contributed by atoms with Gasteiger partial charge in [0.1, 0.15) is 0 Å². The molecule has 82 valence electrons. The van der Waals surface area contributed by atoms with Crippen LogP contribution in [0.5, 0.6) is 0 Å². The number of hydrogen-bond acceptors (Lipinski definition) is 2. The van der Waals surface area contributed by atoms with Gasteiger partial charge in [-0.05, 0) is 24.1 Å². The first-order valence-corrected chi connectivity index (χ1v) is 5.39. The normalized spacial score (nSPS) is 10.3.